The van der Waals surface area contributed by atoms with Gasteiger partial charge in [0.1, 0.15) is 36.5 Å². The molecule has 1 aromatic heterocycles. The number of nitrogens with zero attached hydrogens (tertiary/aromatic N) is 4. The Morgan fingerprint density at radius 1 is 0.868 bits per heavy atom. The van der Waals surface area contributed by atoms with Crippen LogP contribution in [0.4, 0.5) is 0 Å². The van der Waals surface area contributed by atoms with Crippen LogP contribution in [0.1, 0.15) is 71.9 Å². The maximum Gasteiger partial charge on any atom is 0.307 e. The summed E-state index contributed by atoms with van der Waals surface area (Å²) in [5, 5.41) is 19.4. The van der Waals surface area contributed by atoms with Crippen LogP contribution < -0.4 is 14.2 Å². The van der Waals surface area contributed by atoms with E-state index < -0.39 is 11.9 Å². The van der Waals surface area contributed by atoms with Gasteiger partial charge in [-0.1, -0.05) is 48.4 Å². The van der Waals surface area contributed by atoms with Crippen LogP contribution in [0.5, 0.6) is 17.2 Å². The maximum atomic E-state index is 11.7. The highest BCUT2D eigenvalue weighted by molar-refractivity contribution is 6.32. The van der Waals surface area contributed by atoms with Crippen molar-refractivity contribution in [2.45, 2.75) is 72.1 Å². The minimum atomic E-state index is -0.771. The molecule has 278 valence electrons. The number of carboxylic acids is 1. The first-order valence-corrected chi connectivity index (χ1v) is 19.1. The fourth-order valence-electron chi connectivity index (χ4n) is 7.38. The Morgan fingerprint density at radius 2 is 1.62 bits per heavy atom. The van der Waals surface area contributed by atoms with Gasteiger partial charge in [0.25, 0.3) is 0 Å². The van der Waals surface area contributed by atoms with Crippen LogP contribution in [0, 0.1) is 31.1 Å². The third-order valence-electron chi connectivity index (χ3n) is 10.4. The smallest absolute Gasteiger partial charge is 0.307 e. The highest BCUT2D eigenvalue weighted by atomic mass is 35.5. The first-order valence-electron chi connectivity index (χ1n) is 18.7. The molecule has 1 N–H and O–H groups in total. The number of hydrogen-bond acceptors (Lipinski definition) is 8. The van der Waals surface area contributed by atoms with E-state index in [9.17, 15) is 15.2 Å². The zero-order chi connectivity index (χ0) is 37.2. The summed E-state index contributed by atoms with van der Waals surface area (Å²) >= 11 is 6.87. The number of nitriles is 1. The lowest BCUT2D eigenvalue weighted by atomic mass is 9.93. The molecule has 10 heteroatoms. The van der Waals surface area contributed by atoms with Gasteiger partial charge in [0.05, 0.1) is 23.1 Å². The fourth-order valence-corrected chi connectivity index (χ4v) is 7.62. The molecule has 2 aliphatic rings. The molecular weight excluding hydrogens is 688 g/mol. The third kappa shape index (κ3) is 10.1. The lowest BCUT2D eigenvalue weighted by Crippen LogP contribution is -2.38. The van der Waals surface area contributed by atoms with Crippen molar-refractivity contribution in [3.8, 4) is 34.4 Å². The van der Waals surface area contributed by atoms with Crippen molar-refractivity contribution in [2.75, 3.05) is 39.3 Å². The van der Waals surface area contributed by atoms with Crippen LogP contribution >= 0.6 is 11.6 Å². The van der Waals surface area contributed by atoms with Gasteiger partial charge in [0.2, 0.25) is 0 Å². The van der Waals surface area contributed by atoms with Crippen LogP contribution in [0.3, 0.4) is 0 Å². The number of likely N-dealkylation sites (tertiary alicyclic amines) is 2. The molecule has 2 fully saturated rings. The first-order chi connectivity index (χ1) is 25.8. The number of benzene rings is 3. The summed E-state index contributed by atoms with van der Waals surface area (Å²) in [7, 11) is 0. The summed E-state index contributed by atoms with van der Waals surface area (Å²) in [4.78, 5) is 20.6. The Balaban J connectivity index is 1.17. The van der Waals surface area contributed by atoms with Crippen LogP contribution in [0.25, 0.3) is 11.1 Å². The normalized spacial score (nSPS) is 16.5. The monoisotopic (exact) mass is 736 g/mol. The molecule has 3 aromatic carbocycles. The van der Waals surface area contributed by atoms with Crippen molar-refractivity contribution >= 4 is 17.6 Å². The Kier molecular flexibility index (Phi) is 13.2. The summed E-state index contributed by atoms with van der Waals surface area (Å²) in [6.07, 6.45) is 9.63. The SMILES string of the molecule is Cc1c(COc2cc(OCc3cncc(C#N)c3)c(CN3CCCC(C(=O)O)C3)cc2Cl)cccc1-c1cccc(OCCCN2CCCCC2)c1C. The van der Waals surface area contributed by atoms with E-state index in [-0.39, 0.29) is 6.61 Å². The largest absolute Gasteiger partial charge is 0.493 e. The number of carbonyl (C=O) groups is 1. The summed E-state index contributed by atoms with van der Waals surface area (Å²) in [6, 6.07) is 20.1. The fraction of sp³-hybridized carbons (Fsp3) is 0.419. The van der Waals surface area contributed by atoms with Crippen molar-refractivity contribution in [2.24, 2.45) is 5.92 Å². The highest BCUT2D eigenvalue weighted by Crippen LogP contribution is 2.37. The molecule has 2 saturated heterocycles. The number of carboxylic acid groups (broad SMARTS) is 1. The van der Waals surface area contributed by atoms with E-state index in [0.717, 1.165) is 70.6 Å². The zero-order valence-electron chi connectivity index (χ0n) is 30.8. The summed E-state index contributed by atoms with van der Waals surface area (Å²) < 4.78 is 19.0. The van der Waals surface area contributed by atoms with Crippen molar-refractivity contribution in [3.63, 3.8) is 0 Å². The first kappa shape index (κ1) is 38.1. The predicted octanol–water partition coefficient (Wildman–Crippen LogP) is 8.60. The van der Waals surface area contributed by atoms with E-state index in [1.54, 1.807) is 12.3 Å². The summed E-state index contributed by atoms with van der Waals surface area (Å²) in [5.74, 6) is 0.806. The van der Waals surface area contributed by atoms with Gasteiger partial charge in [-0.05, 0) is 112 Å². The van der Waals surface area contributed by atoms with Gasteiger partial charge in [0.15, 0.2) is 0 Å². The number of pyridine rings is 1. The molecule has 2 aliphatic heterocycles. The van der Waals surface area contributed by atoms with E-state index in [1.165, 1.54) is 38.5 Å². The standard InChI is InChI=1S/C43H49ClN4O5/c1-30-35(10-6-12-37(30)38-13-7-14-40(31(38)2)51-19-9-18-47-15-4-3-5-16-47)29-53-42-22-41(52-28-33-20-32(23-45)24-46-25-33)36(21-39(42)44)27-48-17-8-11-34(26-48)43(49)50/h6-7,10,12-14,20-22,24-25,34H,3-5,8-9,11,15-19,26-29H2,1-2H3,(H,49,50). The van der Waals surface area contributed by atoms with E-state index in [2.05, 4.69) is 71.1 Å². The number of aromatic nitrogens is 1. The summed E-state index contributed by atoms with van der Waals surface area (Å²) in [5.41, 5.74) is 7.57. The zero-order valence-corrected chi connectivity index (χ0v) is 31.5. The van der Waals surface area contributed by atoms with Crippen LogP contribution in [-0.4, -0.2) is 65.2 Å². The molecule has 1 unspecified atom stereocenters. The number of hydrogen-bond donors (Lipinski definition) is 1. The van der Waals surface area contributed by atoms with Gasteiger partial charge >= 0.3 is 5.97 Å². The average molecular weight is 737 g/mol. The number of aliphatic carboxylic acids is 1. The Labute approximate surface area is 318 Å². The van der Waals surface area contributed by atoms with Crippen molar-refractivity contribution < 1.29 is 24.1 Å². The van der Waals surface area contributed by atoms with Crippen molar-refractivity contribution in [3.05, 3.63) is 105 Å². The average Bonchev–Trinajstić information content (AvgIpc) is 3.17. The minimum Gasteiger partial charge on any atom is -0.493 e. The second-order valence-corrected chi connectivity index (χ2v) is 14.6. The van der Waals surface area contributed by atoms with E-state index in [4.69, 9.17) is 25.8 Å². The van der Waals surface area contributed by atoms with E-state index >= 15 is 0 Å². The molecule has 0 radical (unpaired) electrons. The van der Waals surface area contributed by atoms with Gasteiger partial charge in [-0.15, -0.1) is 0 Å². The Morgan fingerprint density at radius 3 is 2.42 bits per heavy atom. The predicted molar refractivity (Wildman–Crippen MR) is 206 cm³/mol. The minimum absolute atomic E-state index is 0.191. The van der Waals surface area contributed by atoms with Crippen molar-refractivity contribution in [1.82, 2.24) is 14.8 Å². The van der Waals surface area contributed by atoms with Gasteiger partial charge in [-0.3, -0.25) is 14.7 Å². The lowest BCUT2D eigenvalue weighted by Gasteiger charge is -2.31. The van der Waals surface area contributed by atoms with Gasteiger partial charge in [0, 0.05) is 49.2 Å². The summed E-state index contributed by atoms with van der Waals surface area (Å²) in [6.45, 7) is 10.6. The molecule has 0 aliphatic carbocycles. The van der Waals surface area contributed by atoms with Crippen molar-refractivity contribution in [1.29, 1.82) is 5.26 Å². The van der Waals surface area contributed by atoms with E-state index in [0.29, 0.717) is 54.8 Å². The molecule has 6 rings (SSSR count). The van der Waals surface area contributed by atoms with Crippen LogP contribution in [-0.2, 0) is 24.6 Å². The number of ether oxygens (including phenoxy) is 3. The third-order valence-corrected chi connectivity index (χ3v) is 10.7. The molecule has 0 amide bonds. The topological polar surface area (TPSA) is 108 Å². The number of rotatable bonds is 15. The Bertz CT molecular complexity index is 1920. The number of piperidine rings is 2. The quantitative estimate of drug-likeness (QED) is 0.120. The van der Waals surface area contributed by atoms with Gasteiger partial charge in [-0.2, -0.15) is 5.26 Å². The van der Waals surface area contributed by atoms with E-state index in [1.807, 2.05) is 12.1 Å². The number of halogens is 1. The highest BCUT2D eigenvalue weighted by Gasteiger charge is 2.26. The lowest BCUT2D eigenvalue weighted by molar-refractivity contribution is -0.143. The molecule has 53 heavy (non-hydrogen) atoms. The van der Waals surface area contributed by atoms with Gasteiger partial charge in [-0.25, -0.2) is 0 Å². The Hall–Kier alpha value is -4.62. The molecule has 0 bridgehead atoms. The molecular formula is C43H49ClN4O5. The molecule has 4 aromatic rings. The van der Waals surface area contributed by atoms with Crippen LogP contribution in [0.15, 0.2) is 67.0 Å². The van der Waals surface area contributed by atoms with Gasteiger partial charge < -0.3 is 24.2 Å². The molecule has 9 nitrogen and oxygen atoms in total. The molecule has 0 saturated carbocycles. The van der Waals surface area contributed by atoms with Crippen LogP contribution in [0.2, 0.25) is 5.02 Å². The second kappa shape index (κ2) is 18.4. The molecule has 1 atom stereocenters. The second-order valence-electron chi connectivity index (χ2n) is 14.2. The maximum absolute atomic E-state index is 11.7. The molecule has 0 spiro atoms. The molecule has 3 heterocycles.